The Morgan fingerprint density at radius 2 is 1.83 bits per heavy atom. The van der Waals surface area contributed by atoms with Crippen molar-refractivity contribution in [3.63, 3.8) is 0 Å². The molecule has 0 radical (unpaired) electrons. The first-order valence-corrected chi connectivity index (χ1v) is 4.92. The van der Waals surface area contributed by atoms with Gasteiger partial charge in [0.15, 0.2) is 0 Å². The molecule has 0 heterocycles. The molecule has 0 fully saturated rings. The number of carbonyl (C=O) groups is 1. The average Bonchev–Trinajstić information content (AvgIpc) is 2.06. The van der Waals surface area contributed by atoms with Crippen LogP contribution in [0.2, 0.25) is 0 Å². The maximum atomic E-state index is 10.9. The largest absolute Gasteiger partial charge is 0.338 e. The first-order valence-electron chi connectivity index (χ1n) is 4.39. The van der Waals surface area contributed by atoms with Crippen molar-refractivity contribution in [2.45, 2.75) is 26.2 Å². The summed E-state index contributed by atoms with van der Waals surface area (Å²) in [5.41, 5.74) is 0. The van der Waals surface area contributed by atoms with E-state index in [1.165, 1.54) is 0 Å². The van der Waals surface area contributed by atoms with Crippen LogP contribution in [-0.4, -0.2) is 25.0 Å². The van der Waals surface area contributed by atoms with Crippen LogP contribution in [0.4, 0.5) is 4.79 Å². The van der Waals surface area contributed by atoms with E-state index in [1.54, 1.807) is 0 Å². The van der Waals surface area contributed by atoms with E-state index in [9.17, 15) is 4.79 Å². The predicted molar refractivity (Wildman–Crippen MR) is 51.6 cm³/mol. The lowest BCUT2D eigenvalue weighted by Gasteiger charge is -2.05. The molecule has 2 N–H and O–H groups in total. The minimum atomic E-state index is -0.0893. The zero-order chi connectivity index (χ0) is 9.23. The summed E-state index contributed by atoms with van der Waals surface area (Å²) in [6.45, 7) is 3.50. The predicted octanol–water partition coefficient (Wildman–Crippen LogP) is 1.71. The fourth-order valence-electron chi connectivity index (χ4n) is 0.710. The molecular formula is C8H17ClN2O. The van der Waals surface area contributed by atoms with Gasteiger partial charge in [-0.1, -0.05) is 13.3 Å². The lowest BCUT2D eigenvalue weighted by atomic mass is 10.3. The Labute approximate surface area is 78.9 Å². The lowest BCUT2D eigenvalue weighted by molar-refractivity contribution is 0.241. The molecule has 0 aromatic rings. The Balaban J connectivity index is 3.10. The second-order valence-electron chi connectivity index (χ2n) is 2.58. The standard InChI is InChI=1S/C8H17ClN2O/c1-2-3-6-10-8(12)11-7-4-5-9/h2-7H2,1H3,(H2,10,11,12). The maximum absolute atomic E-state index is 10.9. The summed E-state index contributed by atoms with van der Waals surface area (Å²) in [4.78, 5) is 10.9. The van der Waals surface area contributed by atoms with Crippen LogP contribution in [0.1, 0.15) is 26.2 Å². The summed E-state index contributed by atoms with van der Waals surface area (Å²) in [5, 5.41) is 5.46. The highest BCUT2D eigenvalue weighted by atomic mass is 35.5. The van der Waals surface area contributed by atoms with Gasteiger partial charge in [-0.05, 0) is 12.8 Å². The molecule has 0 saturated heterocycles. The summed E-state index contributed by atoms with van der Waals surface area (Å²) in [5.74, 6) is 0.592. The topological polar surface area (TPSA) is 41.1 Å². The van der Waals surface area contributed by atoms with Gasteiger partial charge in [-0.25, -0.2) is 4.79 Å². The van der Waals surface area contributed by atoms with E-state index in [-0.39, 0.29) is 6.03 Å². The molecule has 0 aliphatic carbocycles. The van der Waals surface area contributed by atoms with Crippen LogP contribution >= 0.6 is 11.6 Å². The van der Waals surface area contributed by atoms with E-state index in [0.717, 1.165) is 25.8 Å². The van der Waals surface area contributed by atoms with Crippen molar-refractivity contribution in [3.8, 4) is 0 Å². The lowest BCUT2D eigenvalue weighted by Crippen LogP contribution is -2.36. The molecule has 2 amide bonds. The van der Waals surface area contributed by atoms with Crippen LogP contribution in [-0.2, 0) is 0 Å². The molecule has 4 heteroatoms. The number of rotatable bonds is 6. The van der Waals surface area contributed by atoms with E-state index in [1.807, 2.05) is 0 Å². The maximum Gasteiger partial charge on any atom is 0.314 e. The molecular weight excluding hydrogens is 176 g/mol. The van der Waals surface area contributed by atoms with Crippen molar-refractivity contribution >= 4 is 17.6 Å². The van der Waals surface area contributed by atoms with E-state index in [2.05, 4.69) is 17.6 Å². The van der Waals surface area contributed by atoms with Gasteiger partial charge in [0.25, 0.3) is 0 Å². The minimum Gasteiger partial charge on any atom is -0.338 e. The summed E-state index contributed by atoms with van der Waals surface area (Å²) in [7, 11) is 0. The van der Waals surface area contributed by atoms with Crippen molar-refractivity contribution in [1.29, 1.82) is 0 Å². The highest BCUT2D eigenvalue weighted by Crippen LogP contribution is 1.83. The second kappa shape index (κ2) is 8.65. The molecule has 3 nitrogen and oxygen atoms in total. The van der Waals surface area contributed by atoms with Gasteiger partial charge in [-0.15, -0.1) is 11.6 Å². The molecule has 12 heavy (non-hydrogen) atoms. The molecule has 72 valence electrons. The summed E-state index contributed by atoms with van der Waals surface area (Å²) in [6.07, 6.45) is 2.95. The smallest absolute Gasteiger partial charge is 0.314 e. The van der Waals surface area contributed by atoms with Crippen molar-refractivity contribution in [2.24, 2.45) is 0 Å². The number of amides is 2. The summed E-state index contributed by atoms with van der Waals surface area (Å²) < 4.78 is 0. The summed E-state index contributed by atoms with van der Waals surface area (Å²) >= 11 is 5.44. The van der Waals surface area contributed by atoms with Gasteiger partial charge in [0.2, 0.25) is 0 Å². The fourth-order valence-corrected chi connectivity index (χ4v) is 0.844. The molecule has 0 bridgehead atoms. The number of halogens is 1. The van der Waals surface area contributed by atoms with Crippen molar-refractivity contribution in [3.05, 3.63) is 0 Å². The normalized spacial score (nSPS) is 9.50. The summed E-state index contributed by atoms with van der Waals surface area (Å²) in [6, 6.07) is -0.0893. The molecule has 0 atom stereocenters. The Hall–Kier alpha value is -0.440. The third-order valence-electron chi connectivity index (χ3n) is 1.41. The Morgan fingerprint density at radius 3 is 2.33 bits per heavy atom. The van der Waals surface area contributed by atoms with Crippen LogP contribution in [0.5, 0.6) is 0 Å². The first kappa shape index (κ1) is 11.6. The van der Waals surface area contributed by atoms with Crippen molar-refractivity contribution in [2.75, 3.05) is 19.0 Å². The van der Waals surface area contributed by atoms with Gasteiger partial charge < -0.3 is 10.6 Å². The second-order valence-corrected chi connectivity index (χ2v) is 2.96. The van der Waals surface area contributed by atoms with Gasteiger partial charge in [-0.2, -0.15) is 0 Å². The molecule has 0 aromatic carbocycles. The van der Waals surface area contributed by atoms with Crippen molar-refractivity contribution < 1.29 is 4.79 Å². The van der Waals surface area contributed by atoms with Gasteiger partial charge in [0, 0.05) is 19.0 Å². The number of hydrogen-bond acceptors (Lipinski definition) is 1. The number of unbranched alkanes of at least 4 members (excludes halogenated alkanes) is 1. The highest BCUT2D eigenvalue weighted by Gasteiger charge is 1.95. The Morgan fingerprint density at radius 1 is 1.25 bits per heavy atom. The van der Waals surface area contributed by atoms with Gasteiger partial charge in [0.1, 0.15) is 0 Å². The average molecular weight is 193 g/mol. The van der Waals surface area contributed by atoms with Crippen LogP contribution in [0, 0.1) is 0 Å². The third-order valence-corrected chi connectivity index (χ3v) is 1.68. The molecule has 0 aliphatic heterocycles. The van der Waals surface area contributed by atoms with Crippen LogP contribution < -0.4 is 10.6 Å². The van der Waals surface area contributed by atoms with Gasteiger partial charge >= 0.3 is 6.03 Å². The van der Waals surface area contributed by atoms with Gasteiger partial charge in [-0.3, -0.25) is 0 Å². The number of nitrogens with one attached hydrogen (secondary N) is 2. The van der Waals surface area contributed by atoms with E-state index < -0.39 is 0 Å². The van der Waals surface area contributed by atoms with Crippen LogP contribution in [0.15, 0.2) is 0 Å². The van der Waals surface area contributed by atoms with Gasteiger partial charge in [0.05, 0.1) is 0 Å². The number of carbonyl (C=O) groups excluding carboxylic acids is 1. The highest BCUT2D eigenvalue weighted by molar-refractivity contribution is 6.17. The molecule has 0 aliphatic rings. The van der Waals surface area contributed by atoms with Crippen molar-refractivity contribution in [1.82, 2.24) is 10.6 Å². The van der Waals surface area contributed by atoms with E-state index in [0.29, 0.717) is 12.4 Å². The fraction of sp³-hybridized carbons (Fsp3) is 0.875. The Kier molecular flexibility index (Phi) is 8.34. The minimum absolute atomic E-state index is 0.0893. The molecule has 0 unspecified atom stereocenters. The molecule has 0 spiro atoms. The number of alkyl halides is 1. The van der Waals surface area contributed by atoms with Crippen LogP contribution in [0.3, 0.4) is 0 Å². The zero-order valence-corrected chi connectivity index (χ0v) is 8.28. The Bertz CT molecular complexity index is 108. The zero-order valence-electron chi connectivity index (χ0n) is 7.53. The quantitative estimate of drug-likeness (QED) is 0.488. The first-order chi connectivity index (χ1) is 5.81. The molecule has 0 rings (SSSR count). The number of hydrogen-bond donors (Lipinski definition) is 2. The molecule has 0 saturated carbocycles. The van der Waals surface area contributed by atoms with E-state index in [4.69, 9.17) is 11.6 Å². The molecule has 0 aromatic heterocycles. The van der Waals surface area contributed by atoms with E-state index >= 15 is 0 Å². The third kappa shape index (κ3) is 7.66. The monoisotopic (exact) mass is 192 g/mol. The SMILES string of the molecule is CCCCNC(=O)NCCCCl. The van der Waals surface area contributed by atoms with Crippen LogP contribution in [0.25, 0.3) is 0 Å². The number of urea groups is 1.